The molecular formula is C19H22ClNO2. The Labute approximate surface area is 142 Å². The number of halogens is 1. The van der Waals surface area contributed by atoms with E-state index in [1.807, 2.05) is 36.4 Å². The van der Waals surface area contributed by atoms with Gasteiger partial charge in [-0.25, -0.2) is 0 Å². The molecule has 122 valence electrons. The molecule has 0 heterocycles. The number of hydrogen-bond acceptors (Lipinski definition) is 3. The zero-order valence-corrected chi connectivity index (χ0v) is 14.3. The Hall–Kier alpha value is -1.97. The molecule has 2 aromatic carbocycles. The summed E-state index contributed by atoms with van der Waals surface area (Å²) in [5.41, 5.74) is 3.35. The van der Waals surface area contributed by atoms with Crippen molar-refractivity contribution in [1.82, 2.24) is 5.32 Å². The van der Waals surface area contributed by atoms with Gasteiger partial charge in [-0.05, 0) is 35.7 Å². The second-order valence-electron chi connectivity index (χ2n) is 5.24. The normalized spacial score (nSPS) is 10.4. The third-order valence-corrected chi connectivity index (χ3v) is 3.82. The van der Waals surface area contributed by atoms with Crippen LogP contribution in [0.4, 0.5) is 0 Å². The van der Waals surface area contributed by atoms with Gasteiger partial charge in [0.2, 0.25) is 0 Å². The topological polar surface area (TPSA) is 30.5 Å². The second-order valence-corrected chi connectivity index (χ2v) is 5.65. The summed E-state index contributed by atoms with van der Waals surface area (Å²) in [6.07, 6.45) is 1.82. The summed E-state index contributed by atoms with van der Waals surface area (Å²) < 4.78 is 11.3. The minimum Gasteiger partial charge on any atom is -0.493 e. The molecule has 1 N–H and O–H groups in total. The van der Waals surface area contributed by atoms with Crippen molar-refractivity contribution in [2.45, 2.75) is 20.1 Å². The molecule has 0 unspecified atom stereocenters. The Kier molecular flexibility index (Phi) is 6.51. The predicted octanol–water partition coefficient (Wildman–Crippen LogP) is 4.51. The molecule has 0 fully saturated rings. The summed E-state index contributed by atoms with van der Waals surface area (Å²) in [4.78, 5) is 0. The van der Waals surface area contributed by atoms with Crippen molar-refractivity contribution in [2.24, 2.45) is 0 Å². The van der Waals surface area contributed by atoms with Crippen LogP contribution in [0.15, 0.2) is 49.1 Å². The maximum Gasteiger partial charge on any atom is 0.180 e. The van der Waals surface area contributed by atoms with Gasteiger partial charge in [-0.2, -0.15) is 0 Å². The van der Waals surface area contributed by atoms with Crippen molar-refractivity contribution >= 4 is 11.6 Å². The first-order valence-electron chi connectivity index (χ1n) is 7.51. The van der Waals surface area contributed by atoms with Crippen LogP contribution in [0.2, 0.25) is 5.02 Å². The Bertz CT molecular complexity index is 670. The SMILES string of the molecule is C=CCNCc1cc(Cl)c(OCc2ccccc2C)c(OC)c1. The quantitative estimate of drug-likeness (QED) is 0.570. The molecular weight excluding hydrogens is 310 g/mol. The Morgan fingerprint density at radius 1 is 1.26 bits per heavy atom. The highest BCUT2D eigenvalue weighted by Crippen LogP contribution is 2.37. The summed E-state index contributed by atoms with van der Waals surface area (Å²) in [7, 11) is 1.62. The molecule has 0 atom stereocenters. The molecule has 0 bridgehead atoms. The predicted molar refractivity (Wildman–Crippen MR) is 95.4 cm³/mol. The monoisotopic (exact) mass is 331 g/mol. The largest absolute Gasteiger partial charge is 0.493 e. The number of nitrogens with one attached hydrogen (secondary N) is 1. The molecule has 2 aromatic rings. The molecule has 0 aliphatic rings. The fourth-order valence-electron chi connectivity index (χ4n) is 2.26. The molecule has 0 amide bonds. The summed E-state index contributed by atoms with van der Waals surface area (Å²) in [6, 6.07) is 12.0. The van der Waals surface area contributed by atoms with Crippen LogP contribution in [-0.4, -0.2) is 13.7 Å². The number of hydrogen-bond donors (Lipinski definition) is 1. The van der Waals surface area contributed by atoms with Crippen molar-refractivity contribution < 1.29 is 9.47 Å². The molecule has 2 rings (SSSR count). The molecule has 0 aromatic heterocycles. The second kappa shape index (κ2) is 8.61. The van der Waals surface area contributed by atoms with Gasteiger partial charge in [0.05, 0.1) is 12.1 Å². The summed E-state index contributed by atoms with van der Waals surface area (Å²) in [5, 5.41) is 3.79. The first-order chi connectivity index (χ1) is 11.2. The Balaban J connectivity index is 2.14. The van der Waals surface area contributed by atoms with Crippen LogP contribution in [0.3, 0.4) is 0 Å². The summed E-state index contributed by atoms with van der Waals surface area (Å²) >= 11 is 6.38. The lowest BCUT2D eigenvalue weighted by Crippen LogP contribution is -2.12. The van der Waals surface area contributed by atoms with Gasteiger partial charge in [0.25, 0.3) is 0 Å². The van der Waals surface area contributed by atoms with Crippen molar-refractivity contribution in [3.63, 3.8) is 0 Å². The molecule has 0 aliphatic carbocycles. The minimum absolute atomic E-state index is 0.455. The smallest absolute Gasteiger partial charge is 0.180 e. The number of ether oxygens (including phenoxy) is 2. The summed E-state index contributed by atoms with van der Waals surface area (Å²) in [5.74, 6) is 1.21. The molecule has 0 spiro atoms. The standard InChI is InChI=1S/C19H22ClNO2/c1-4-9-21-12-15-10-17(20)19(18(11-15)22-3)23-13-16-8-6-5-7-14(16)2/h4-8,10-11,21H,1,9,12-13H2,2-3H3. The zero-order chi connectivity index (χ0) is 16.7. The average Bonchev–Trinajstić information content (AvgIpc) is 2.55. The van der Waals surface area contributed by atoms with E-state index in [0.717, 1.165) is 17.7 Å². The first-order valence-corrected chi connectivity index (χ1v) is 7.88. The molecule has 0 saturated heterocycles. The number of rotatable bonds is 8. The van der Waals surface area contributed by atoms with E-state index >= 15 is 0 Å². The number of methoxy groups -OCH3 is 1. The highest BCUT2D eigenvalue weighted by atomic mass is 35.5. The van der Waals surface area contributed by atoms with Crippen LogP contribution in [0.5, 0.6) is 11.5 Å². The minimum atomic E-state index is 0.455. The van der Waals surface area contributed by atoms with Gasteiger partial charge in [0, 0.05) is 13.1 Å². The molecule has 0 saturated carbocycles. The van der Waals surface area contributed by atoms with Crippen molar-refractivity contribution in [2.75, 3.05) is 13.7 Å². The lowest BCUT2D eigenvalue weighted by Gasteiger charge is -2.15. The van der Waals surface area contributed by atoms with Crippen LogP contribution < -0.4 is 14.8 Å². The van der Waals surface area contributed by atoms with Crippen molar-refractivity contribution in [3.05, 3.63) is 70.8 Å². The van der Waals surface area contributed by atoms with E-state index in [-0.39, 0.29) is 0 Å². The van der Waals surface area contributed by atoms with Crippen molar-refractivity contribution in [3.8, 4) is 11.5 Å². The molecule has 0 aliphatic heterocycles. The number of benzene rings is 2. The lowest BCUT2D eigenvalue weighted by atomic mass is 10.1. The van der Waals surface area contributed by atoms with Crippen LogP contribution >= 0.6 is 11.6 Å². The van der Waals surface area contributed by atoms with E-state index in [1.165, 1.54) is 5.56 Å². The van der Waals surface area contributed by atoms with Gasteiger partial charge < -0.3 is 14.8 Å². The number of aryl methyl sites for hydroxylation is 1. The zero-order valence-electron chi connectivity index (χ0n) is 13.6. The third-order valence-electron chi connectivity index (χ3n) is 3.54. The lowest BCUT2D eigenvalue weighted by molar-refractivity contribution is 0.284. The van der Waals surface area contributed by atoms with Crippen LogP contribution in [0, 0.1) is 6.92 Å². The van der Waals surface area contributed by atoms with Crippen molar-refractivity contribution in [1.29, 1.82) is 0 Å². The van der Waals surface area contributed by atoms with Gasteiger partial charge in [-0.15, -0.1) is 6.58 Å². The van der Waals surface area contributed by atoms with E-state index in [2.05, 4.69) is 24.9 Å². The Morgan fingerprint density at radius 3 is 2.74 bits per heavy atom. The molecule has 3 nitrogen and oxygen atoms in total. The van der Waals surface area contributed by atoms with Gasteiger partial charge in [-0.3, -0.25) is 0 Å². The van der Waals surface area contributed by atoms with Gasteiger partial charge in [-0.1, -0.05) is 41.9 Å². The first kappa shape index (κ1) is 17.4. The van der Waals surface area contributed by atoms with Gasteiger partial charge >= 0.3 is 0 Å². The van der Waals surface area contributed by atoms with E-state index in [9.17, 15) is 0 Å². The summed E-state index contributed by atoms with van der Waals surface area (Å²) in [6.45, 7) is 7.64. The molecule has 23 heavy (non-hydrogen) atoms. The van der Waals surface area contributed by atoms with E-state index in [1.54, 1.807) is 7.11 Å². The highest BCUT2D eigenvalue weighted by Gasteiger charge is 2.12. The van der Waals surface area contributed by atoms with Gasteiger partial charge in [0.1, 0.15) is 6.61 Å². The van der Waals surface area contributed by atoms with E-state index < -0.39 is 0 Å². The van der Waals surface area contributed by atoms with E-state index in [0.29, 0.717) is 29.7 Å². The fourth-order valence-corrected chi connectivity index (χ4v) is 2.54. The maximum absolute atomic E-state index is 6.38. The Morgan fingerprint density at radius 2 is 2.04 bits per heavy atom. The third kappa shape index (κ3) is 4.75. The van der Waals surface area contributed by atoms with Crippen LogP contribution in [0.25, 0.3) is 0 Å². The molecule has 4 heteroatoms. The van der Waals surface area contributed by atoms with E-state index in [4.69, 9.17) is 21.1 Å². The van der Waals surface area contributed by atoms with Gasteiger partial charge in [0.15, 0.2) is 11.5 Å². The molecule has 0 radical (unpaired) electrons. The highest BCUT2D eigenvalue weighted by molar-refractivity contribution is 6.32. The van der Waals surface area contributed by atoms with Crippen LogP contribution in [-0.2, 0) is 13.2 Å². The average molecular weight is 332 g/mol. The maximum atomic E-state index is 6.38. The van der Waals surface area contributed by atoms with Crippen LogP contribution in [0.1, 0.15) is 16.7 Å². The fraction of sp³-hybridized carbons (Fsp3) is 0.263.